The lowest BCUT2D eigenvalue weighted by Gasteiger charge is -2.36. The van der Waals surface area contributed by atoms with Crippen LogP contribution in [0.1, 0.15) is 55.4 Å². The normalized spacial score (nSPS) is 14.7. The molecular weight excluding hydrogens is 202 g/mol. The average Bonchev–Trinajstić information content (AvgIpc) is 1.98. The van der Waals surface area contributed by atoms with Gasteiger partial charge in [0, 0.05) is 12.1 Å². The molecule has 0 radical (unpaired) electrons. The van der Waals surface area contributed by atoms with Crippen molar-refractivity contribution in [3.05, 3.63) is 0 Å². The van der Waals surface area contributed by atoms with Crippen molar-refractivity contribution in [3.8, 4) is 0 Å². The van der Waals surface area contributed by atoms with Crippen LogP contribution in [-0.4, -0.2) is 34.6 Å². The van der Waals surface area contributed by atoms with Crippen LogP contribution in [0.15, 0.2) is 0 Å². The second-order valence-electron chi connectivity index (χ2n) is 5.84. The van der Waals surface area contributed by atoms with Gasteiger partial charge < -0.3 is 4.74 Å². The van der Waals surface area contributed by atoms with E-state index < -0.39 is 5.60 Å². The summed E-state index contributed by atoms with van der Waals surface area (Å²) >= 11 is 0. The highest BCUT2D eigenvalue weighted by Gasteiger charge is 2.29. The standard InChI is InChI=1S/C13H27NO2/c1-9(2)14(10(3)4)11(5)12(15)16-13(6,7)8/h9-11H,1-8H3. The fourth-order valence-corrected chi connectivity index (χ4v) is 2.00. The number of carbonyl (C=O) groups excluding carboxylic acids is 1. The minimum Gasteiger partial charge on any atom is -0.459 e. The molecule has 3 heteroatoms. The van der Waals surface area contributed by atoms with Gasteiger partial charge in [-0.2, -0.15) is 0 Å². The van der Waals surface area contributed by atoms with Crippen molar-refractivity contribution < 1.29 is 9.53 Å². The Morgan fingerprint density at radius 1 is 1.00 bits per heavy atom. The number of ether oxygens (including phenoxy) is 1. The first-order valence-corrected chi connectivity index (χ1v) is 6.06. The van der Waals surface area contributed by atoms with Crippen LogP contribution in [-0.2, 0) is 9.53 Å². The predicted molar refractivity (Wildman–Crippen MR) is 67.4 cm³/mol. The second-order valence-corrected chi connectivity index (χ2v) is 5.84. The molecular formula is C13H27NO2. The van der Waals surface area contributed by atoms with Gasteiger partial charge >= 0.3 is 5.97 Å². The van der Waals surface area contributed by atoms with Gasteiger partial charge in [-0.05, 0) is 55.4 Å². The molecule has 0 aromatic carbocycles. The second kappa shape index (κ2) is 5.67. The maximum Gasteiger partial charge on any atom is 0.323 e. The average molecular weight is 229 g/mol. The van der Waals surface area contributed by atoms with E-state index in [2.05, 4.69) is 32.6 Å². The summed E-state index contributed by atoms with van der Waals surface area (Å²) in [5.74, 6) is -0.144. The molecule has 0 aliphatic rings. The fourth-order valence-electron chi connectivity index (χ4n) is 2.00. The van der Waals surface area contributed by atoms with Gasteiger partial charge in [-0.1, -0.05) is 0 Å². The molecule has 0 rings (SSSR count). The number of esters is 1. The number of carbonyl (C=O) groups is 1. The molecule has 0 aromatic heterocycles. The topological polar surface area (TPSA) is 29.5 Å². The number of hydrogen-bond acceptors (Lipinski definition) is 3. The third kappa shape index (κ3) is 4.97. The van der Waals surface area contributed by atoms with Crippen molar-refractivity contribution >= 4 is 5.97 Å². The predicted octanol–water partition coefficient (Wildman–Crippen LogP) is 2.84. The van der Waals surface area contributed by atoms with Gasteiger partial charge in [0.15, 0.2) is 0 Å². The van der Waals surface area contributed by atoms with Gasteiger partial charge in [-0.15, -0.1) is 0 Å². The van der Waals surface area contributed by atoms with Crippen molar-refractivity contribution in [2.24, 2.45) is 0 Å². The molecule has 0 aromatic rings. The third-order valence-corrected chi connectivity index (χ3v) is 2.39. The third-order valence-electron chi connectivity index (χ3n) is 2.39. The van der Waals surface area contributed by atoms with Crippen molar-refractivity contribution in [2.75, 3.05) is 0 Å². The first-order chi connectivity index (χ1) is 7.06. The molecule has 0 N–H and O–H groups in total. The lowest BCUT2D eigenvalue weighted by atomic mass is 10.1. The first-order valence-electron chi connectivity index (χ1n) is 6.06. The monoisotopic (exact) mass is 229 g/mol. The Hall–Kier alpha value is -0.570. The van der Waals surface area contributed by atoms with Crippen LogP contribution >= 0.6 is 0 Å². The highest BCUT2D eigenvalue weighted by atomic mass is 16.6. The van der Waals surface area contributed by atoms with Crippen LogP contribution in [0.5, 0.6) is 0 Å². The fraction of sp³-hybridized carbons (Fsp3) is 0.923. The summed E-state index contributed by atoms with van der Waals surface area (Å²) in [6.07, 6.45) is 0. The van der Waals surface area contributed by atoms with Crippen LogP contribution in [0.2, 0.25) is 0 Å². The Kier molecular flexibility index (Phi) is 5.47. The molecule has 0 aliphatic heterocycles. The molecule has 3 nitrogen and oxygen atoms in total. The Balaban J connectivity index is 4.63. The van der Waals surface area contributed by atoms with Gasteiger partial charge in [0.1, 0.15) is 11.6 Å². The molecule has 0 spiro atoms. The summed E-state index contributed by atoms with van der Waals surface area (Å²) in [6.45, 7) is 16.0. The van der Waals surface area contributed by atoms with E-state index in [-0.39, 0.29) is 12.0 Å². The summed E-state index contributed by atoms with van der Waals surface area (Å²) < 4.78 is 5.40. The van der Waals surface area contributed by atoms with E-state index in [4.69, 9.17) is 4.74 Å². The first kappa shape index (κ1) is 15.4. The Labute approximate surface area is 100 Å². The van der Waals surface area contributed by atoms with E-state index in [1.807, 2.05) is 27.7 Å². The van der Waals surface area contributed by atoms with Gasteiger partial charge in [-0.3, -0.25) is 9.69 Å². The Morgan fingerprint density at radius 3 is 1.62 bits per heavy atom. The Morgan fingerprint density at radius 2 is 1.38 bits per heavy atom. The van der Waals surface area contributed by atoms with E-state index in [1.54, 1.807) is 0 Å². The number of hydrogen-bond donors (Lipinski definition) is 0. The van der Waals surface area contributed by atoms with Crippen LogP contribution in [0, 0.1) is 0 Å². The van der Waals surface area contributed by atoms with Crippen LogP contribution in [0.4, 0.5) is 0 Å². The highest BCUT2D eigenvalue weighted by molar-refractivity contribution is 5.75. The summed E-state index contributed by atoms with van der Waals surface area (Å²) in [7, 11) is 0. The summed E-state index contributed by atoms with van der Waals surface area (Å²) in [6, 6.07) is 0.476. The maximum atomic E-state index is 11.9. The summed E-state index contributed by atoms with van der Waals surface area (Å²) in [4.78, 5) is 14.1. The molecule has 1 unspecified atom stereocenters. The number of rotatable bonds is 4. The molecule has 0 saturated carbocycles. The summed E-state index contributed by atoms with van der Waals surface area (Å²) in [5, 5.41) is 0. The van der Waals surface area contributed by atoms with Gasteiger partial charge in [0.2, 0.25) is 0 Å². The van der Waals surface area contributed by atoms with E-state index in [1.165, 1.54) is 0 Å². The molecule has 0 heterocycles. The van der Waals surface area contributed by atoms with E-state index in [9.17, 15) is 4.79 Å². The minimum atomic E-state index is -0.412. The van der Waals surface area contributed by atoms with Crippen LogP contribution in [0.25, 0.3) is 0 Å². The SMILES string of the molecule is CC(C)N(C(C)C)C(C)C(=O)OC(C)(C)C. The minimum absolute atomic E-state index is 0.144. The van der Waals surface area contributed by atoms with Gasteiger partial charge in [-0.25, -0.2) is 0 Å². The van der Waals surface area contributed by atoms with Gasteiger partial charge in [0.25, 0.3) is 0 Å². The number of nitrogens with zero attached hydrogens (tertiary/aromatic N) is 1. The smallest absolute Gasteiger partial charge is 0.323 e. The zero-order chi connectivity index (χ0) is 13.1. The van der Waals surface area contributed by atoms with E-state index in [0.29, 0.717) is 12.1 Å². The van der Waals surface area contributed by atoms with Crippen molar-refractivity contribution in [3.63, 3.8) is 0 Å². The van der Waals surface area contributed by atoms with Crippen molar-refractivity contribution in [1.82, 2.24) is 4.90 Å². The molecule has 0 aliphatic carbocycles. The van der Waals surface area contributed by atoms with Gasteiger partial charge in [0.05, 0.1) is 0 Å². The quantitative estimate of drug-likeness (QED) is 0.694. The molecule has 1 atom stereocenters. The molecule has 0 fully saturated rings. The van der Waals surface area contributed by atoms with Crippen molar-refractivity contribution in [1.29, 1.82) is 0 Å². The zero-order valence-electron chi connectivity index (χ0n) is 12.0. The lowest BCUT2D eigenvalue weighted by molar-refractivity contribution is -0.162. The van der Waals surface area contributed by atoms with Crippen LogP contribution in [0.3, 0.4) is 0 Å². The highest BCUT2D eigenvalue weighted by Crippen LogP contribution is 2.15. The molecule has 0 bridgehead atoms. The summed E-state index contributed by atoms with van der Waals surface area (Å²) in [5.41, 5.74) is -0.412. The Bertz CT molecular complexity index is 221. The molecule has 96 valence electrons. The maximum absolute atomic E-state index is 11.9. The van der Waals surface area contributed by atoms with E-state index in [0.717, 1.165) is 0 Å². The van der Waals surface area contributed by atoms with E-state index >= 15 is 0 Å². The molecule has 0 saturated heterocycles. The molecule has 0 amide bonds. The van der Waals surface area contributed by atoms with Crippen molar-refractivity contribution in [2.45, 2.75) is 79.1 Å². The lowest BCUT2D eigenvalue weighted by Crippen LogP contribution is -2.49. The zero-order valence-corrected chi connectivity index (χ0v) is 12.0. The molecule has 16 heavy (non-hydrogen) atoms. The van der Waals surface area contributed by atoms with Crippen LogP contribution < -0.4 is 0 Å². The largest absolute Gasteiger partial charge is 0.459 e.